The van der Waals surface area contributed by atoms with E-state index in [4.69, 9.17) is 28.1 Å². The molecular formula is C24H27O11+. The maximum absolute atomic E-state index is 10.5. The molecule has 0 aliphatic carbocycles. The van der Waals surface area contributed by atoms with Crippen LogP contribution in [0.5, 0.6) is 34.5 Å². The van der Waals surface area contributed by atoms with Gasteiger partial charge in [-0.3, -0.25) is 0 Å². The number of benzene rings is 2. The van der Waals surface area contributed by atoms with Gasteiger partial charge in [-0.15, -0.1) is 0 Å². The van der Waals surface area contributed by atoms with Crippen molar-refractivity contribution >= 4 is 11.0 Å². The number of ether oxygens (including phenoxy) is 5. The topological polar surface area (TPSA) is 159 Å². The smallest absolute Gasteiger partial charge is 0.402 e. The summed E-state index contributed by atoms with van der Waals surface area (Å²) >= 11 is 0. The lowest BCUT2D eigenvalue weighted by Gasteiger charge is -2.38. The zero-order valence-corrected chi connectivity index (χ0v) is 19.5. The van der Waals surface area contributed by atoms with Crippen LogP contribution >= 0.6 is 0 Å². The quantitative estimate of drug-likeness (QED) is 0.321. The number of phenolic OH excluding ortho intramolecular Hbond substituents is 2. The Bertz CT molecular complexity index is 1200. The van der Waals surface area contributed by atoms with Crippen LogP contribution in [0.15, 0.2) is 34.7 Å². The number of phenols is 2. The molecule has 3 aromatic rings. The van der Waals surface area contributed by atoms with Crippen LogP contribution in [0.3, 0.4) is 0 Å². The van der Waals surface area contributed by atoms with Gasteiger partial charge >= 0.3 is 11.3 Å². The molecule has 0 radical (unpaired) electrons. The summed E-state index contributed by atoms with van der Waals surface area (Å²) in [5.74, 6) is 0.316. The van der Waals surface area contributed by atoms with Crippen molar-refractivity contribution in [1.29, 1.82) is 0 Å². The van der Waals surface area contributed by atoms with Crippen LogP contribution < -0.4 is 18.9 Å². The van der Waals surface area contributed by atoms with Gasteiger partial charge in [-0.25, -0.2) is 4.42 Å². The van der Waals surface area contributed by atoms with Gasteiger partial charge in [0.25, 0.3) is 0 Å². The number of fused-ring (bicyclic) bond motifs is 1. The summed E-state index contributed by atoms with van der Waals surface area (Å²) in [6.07, 6.45) is -6.59. The van der Waals surface area contributed by atoms with E-state index in [1.165, 1.54) is 52.5 Å². The number of methoxy groups -OCH3 is 3. The van der Waals surface area contributed by atoms with E-state index in [2.05, 4.69) is 0 Å². The van der Waals surface area contributed by atoms with E-state index in [-0.39, 0.29) is 45.8 Å². The van der Waals surface area contributed by atoms with Gasteiger partial charge in [0.05, 0.1) is 39.1 Å². The van der Waals surface area contributed by atoms with Gasteiger partial charge in [0, 0.05) is 24.3 Å². The van der Waals surface area contributed by atoms with Crippen molar-refractivity contribution in [3.05, 3.63) is 30.3 Å². The van der Waals surface area contributed by atoms with Gasteiger partial charge < -0.3 is 49.2 Å². The Morgan fingerprint density at radius 1 is 0.771 bits per heavy atom. The first-order valence-electron chi connectivity index (χ1n) is 10.7. The highest BCUT2D eigenvalue weighted by Crippen LogP contribution is 2.45. The van der Waals surface area contributed by atoms with E-state index in [1.807, 2.05) is 0 Å². The summed E-state index contributed by atoms with van der Waals surface area (Å²) in [4.78, 5) is 0. The number of hydrogen-bond donors (Lipinski definition) is 5. The summed E-state index contributed by atoms with van der Waals surface area (Å²) in [5.41, 5.74) is 0.596. The molecule has 5 atom stereocenters. The van der Waals surface area contributed by atoms with Crippen LogP contribution in [0.4, 0.5) is 0 Å². The molecule has 1 aromatic heterocycles. The first kappa shape index (κ1) is 24.6. The lowest BCUT2D eigenvalue weighted by atomic mass is 10.00. The summed E-state index contributed by atoms with van der Waals surface area (Å²) in [6, 6.07) is 7.29. The average molecular weight is 491 g/mol. The fraction of sp³-hybridized carbons (Fsp3) is 0.375. The zero-order valence-electron chi connectivity index (χ0n) is 19.5. The summed E-state index contributed by atoms with van der Waals surface area (Å²) in [5, 5.41) is 51.6. The number of rotatable bonds is 6. The Morgan fingerprint density at radius 2 is 1.40 bits per heavy atom. The van der Waals surface area contributed by atoms with Crippen LogP contribution in [0.2, 0.25) is 0 Å². The minimum Gasteiger partial charge on any atom is -0.507 e. The number of hydrogen-bond acceptors (Lipinski definition) is 10. The molecule has 1 aliphatic rings. The first-order valence-corrected chi connectivity index (χ1v) is 10.7. The number of aromatic hydroxyl groups is 2. The summed E-state index contributed by atoms with van der Waals surface area (Å²) in [6.45, 7) is 1.53. The third kappa shape index (κ3) is 4.46. The molecule has 2 aromatic carbocycles. The Kier molecular flexibility index (Phi) is 6.77. The summed E-state index contributed by atoms with van der Waals surface area (Å²) in [7, 11) is 4.17. The third-order valence-electron chi connectivity index (χ3n) is 5.81. The second kappa shape index (κ2) is 9.62. The predicted molar refractivity (Wildman–Crippen MR) is 122 cm³/mol. The lowest BCUT2D eigenvalue weighted by molar-refractivity contribution is -0.268. The predicted octanol–water partition coefficient (Wildman–Crippen LogP) is 2.02. The Hall–Kier alpha value is -3.51. The maximum Gasteiger partial charge on any atom is 0.402 e. The van der Waals surface area contributed by atoms with Crippen molar-refractivity contribution in [2.24, 2.45) is 0 Å². The molecule has 4 rings (SSSR count). The zero-order chi connectivity index (χ0) is 25.4. The monoisotopic (exact) mass is 491 g/mol. The molecule has 188 valence electrons. The highest BCUT2D eigenvalue weighted by Gasteiger charge is 2.44. The first-order chi connectivity index (χ1) is 16.7. The van der Waals surface area contributed by atoms with Gasteiger partial charge in [0.15, 0.2) is 11.5 Å². The van der Waals surface area contributed by atoms with Gasteiger partial charge in [0.2, 0.25) is 17.8 Å². The van der Waals surface area contributed by atoms with Gasteiger partial charge in [-0.05, 0) is 6.92 Å². The normalized spacial score (nSPS) is 24.3. The molecule has 0 spiro atoms. The Balaban J connectivity index is 1.91. The van der Waals surface area contributed by atoms with Crippen LogP contribution in [0, 0.1) is 0 Å². The van der Waals surface area contributed by atoms with Crippen LogP contribution in [0.1, 0.15) is 6.92 Å². The van der Waals surface area contributed by atoms with E-state index in [0.717, 1.165) is 0 Å². The largest absolute Gasteiger partial charge is 0.507 e. The van der Waals surface area contributed by atoms with E-state index in [1.54, 1.807) is 6.07 Å². The molecule has 35 heavy (non-hydrogen) atoms. The fourth-order valence-corrected chi connectivity index (χ4v) is 3.89. The van der Waals surface area contributed by atoms with Crippen molar-refractivity contribution in [2.75, 3.05) is 21.3 Å². The van der Waals surface area contributed by atoms with E-state index >= 15 is 0 Å². The molecule has 0 bridgehead atoms. The molecule has 0 unspecified atom stereocenters. The van der Waals surface area contributed by atoms with Gasteiger partial charge in [0.1, 0.15) is 35.2 Å². The average Bonchev–Trinajstić information content (AvgIpc) is 2.85. The lowest BCUT2D eigenvalue weighted by Crippen LogP contribution is -2.58. The molecule has 1 aliphatic heterocycles. The van der Waals surface area contributed by atoms with Crippen molar-refractivity contribution in [3.8, 4) is 45.8 Å². The molecular weight excluding hydrogens is 464 g/mol. The van der Waals surface area contributed by atoms with Gasteiger partial charge in [-0.2, -0.15) is 0 Å². The Labute approximate surface area is 200 Å². The van der Waals surface area contributed by atoms with Crippen LogP contribution in [0.25, 0.3) is 22.3 Å². The molecule has 1 fully saturated rings. The van der Waals surface area contributed by atoms with E-state index < -0.39 is 30.7 Å². The molecule has 1 saturated heterocycles. The second-order valence-electron chi connectivity index (χ2n) is 8.03. The SMILES string of the molecule is COc1cc(-c2[o+]c3cc(O)cc(OC)c3cc2O[C@@H]2O[C@@H](C)[C@H](O)[C@@H](O)[C@@H]2O)cc(OC)c1O. The van der Waals surface area contributed by atoms with Crippen LogP contribution in [-0.4, -0.2) is 77.6 Å². The highest BCUT2D eigenvalue weighted by atomic mass is 16.7. The molecule has 2 heterocycles. The van der Waals surface area contributed by atoms with E-state index in [9.17, 15) is 25.5 Å². The minimum atomic E-state index is -1.57. The molecule has 0 amide bonds. The molecule has 11 heteroatoms. The van der Waals surface area contributed by atoms with Gasteiger partial charge in [-0.1, -0.05) is 0 Å². The number of aliphatic hydroxyl groups is 3. The standard InChI is InChI=1S/C24H26O11/c1-10-19(26)21(28)22(29)24(33-10)35-18-9-13-14(30-2)7-12(25)8-15(13)34-23(18)11-5-16(31-3)20(27)17(6-11)32-4/h5-10,19,21-22,24,26,28-29H,1-4H3,(H-,25,27)/p+1/t10-,19-,21+,22-,24-/m0/s1. The fourth-order valence-electron chi connectivity index (χ4n) is 3.89. The third-order valence-corrected chi connectivity index (χ3v) is 5.81. The van der Waals surface area contributed by atoms with Crippen molar-refractivity contribution in [3.63, 3.8) is 0 Å². The second-order valence-corrected chi connectivity index (χ2v) is 8.03. The molecule has 11 nitrogen and oxygen atoms in total. The minimum absolute atomic E-state index is 0.0659. The maximum atomic E-state index is 10.5. The molecule has 0 saturated carbocycles. The van der Waals surface area contributed by atoms with Crippen molar-refractivity contribution in [1.82, 2.24) is 0 Å². The number of aliphatic hydroxyl groups excluding tert-OH is 3. The van der Waals surface area contributed by atoms with Crippen LogP contribution in [-0.2, 0) is 4.74 Å². The van der Waals surface area contributed by atoms with Crippen molar-refractivity contribution < 1.29 is 53.6 Å². The Morgan fingerprint density at radius 3 is 2.00 bits per heavy atom. The van der Waals surface area contributed by atoms with Crippen molar-refractivity contribution in [2.45, 2.75) is 37.6 Å². The molecule has 5 N–H and O–H groups in total. The van der Waals surface area contributed by atoms with E-state index in [0.29, 0.717) is 10.9 Å². The highest BCUT2D eigenvalue weighted by molar-refractivity contribution is 5.89. The summed E-state index contributed by atoms with van der Waals surface area (Å²) < 4.78 is 33.5.